The lowest BCUT2D eigenvalue weighted by Gasteiger charge is -2.12. The van der Waals surface area contributed by atoms with Gasteiger partial charge in [-0.1, -0.05) is 5.16 Å². The van der Waals surface area contributed by atoms with Crippen LogP contribution in [0.4, 0.5) is 26.3 Å². The van der Waals surface area contributed by atoms with Crippen LogP contribution in [0.3, 0.4) is 0 Å². The van der Waals surface area contributed by atoms with Crippen molar-refractivity contribution in [3.8, 4) is 5.75 Å². The molecule has 1 aromatic heterocycles. The van der Waals surface area contributed by atoms with Gasteiger partial charge in [0.25, 0.3) is 0 Å². The van der Waals surface area contributed by atoms with E-state index in [9.17, 15) is 39.6 Å². The number of rotatable bonds is 5. The molecule has 0 aliphatic rings. The Balaban J connectivity index is 2.74. The van der Waals surface area contributed by atoms with Crippen LogP contribution in [0, 0.1) is 0 Å². The van der Waals surface area contributed by atoms with Crippen molar-refractivity contribution in [2.75, 3.05) is 7.11 Å². The SMILES string of the molecule is COc1cc(CO)cc2oc(=O)c(/C(=N\OS(=O)(=O)C(F)(F)F)C(F)(F)F)cc12. The van der Waals surface area contributed by atoms with E-state index in [0.717, 1.165) is 13.2 Å². The van der Waals surface area contributed by atoms with Crippen molar-refractivity contribution in [3.05, 3.63) is 39.7 Å². The monoisotopic (exact) mass is 449 g/mol. The molecule has 1 heterocycles. The Morgan fingerprint density at radius 2 is 1.79 bits per heavy atom. The number of alkyl halides is 6. The Hall–Kier alpha value is -2.81. The van der Waals surface area contributed by atoms with Gasteiger partial charge in [-0.2, -0.15) is 34.8 Å². The van der Waals surface area contributed by atoms with E-state index in [2.05, 4.69) is 4.28 Å². The first kappa shape index (κ1) is 22.5. The summed E-state index contributed by atoms with van der Waals surface area (Å²) in [6, 6.07) is 2.83. The second-order valence-electron chi connectivity index (χ2n) is 5.23. The summed E-state index contributed by atoms with van der Waals surface area (Å²) >= 11 is 0. The van der Waals surface area contributed by atoms with Gasteiger partial charge in [-0.25, -0.2) is 4.79 Å². The van der Waals surface area contributed by atoms with E-state index in [1.165, 1.54) is 6.07 Å². The van der Waals surface area contributed by atoms with E-state index in [-0.39, 0.29) is 22.3 Å². The summed E-state index contributed by atoms with van der Waals surface area (Å²) in [5.41, 5.74) is -11.7. The topological polar surface area (TPSA) is 115 Å². The van der Waals surface area contributed by atoms with Crippen molar-refractivity contribution in [2.24, 2.45) is 5.16 Å². The number of fused-ring (bicyclic) bond motifs is 1. The summed E-state index contributed by atoms with van der Waals surface area (Å²) in [6.07, 6.45) is -5.60. The lowest BCUT2D eigenvalue weighted by atomic mass is 10.1. The number of methoxy groups -OCH3 is 1. The lowest BCUT2D eigenvalue weighted by molar-refractivity contribution is -0.0634. The van der Waals surface area contributed by atoms with Crippen LogP contribution in [0.15, 0.2) is 32.6 Å². The number of oxime groups is 1. The van der Waals surface area contributed by atoms with Crippen molar-refractivity contribution >= 4 is 26.8 Å². The van der Waals surface area contributed by atoms with Crippen LogP contribution in [-0.4, -0.2) is 38.0 Å². The first-order valence-corrected chi connectivity index (χ1v) is 8.53. The fraction of sp³-hybridized carbons (Fsp3) is 0.286. The second kappa shape index (κ2) is 7.55. The molecule has 0 aliphatic carbocycles. The zero-order valence-electron chi connectivity index (χ0n) is 14.0. The molecular weight excluding hydrogens is 440 g/mol. The Morgan fingerprint density at radius 1 is 1.17 bits per heavy atom. The smallest absolute Gasteiger partial charge is 0.496 e. The summed E-state index contributed by atoms with van der Waals surface area (Å²) in [4.78, 5) is 12.0. The highest BCUT2D eigenvalue weighted by molar-refractivity contribution is 7.87. The number of benzene rings is 1. The normalized spacial score (nSPS) is 13.6. The van der Waals surface area contributed by atoms with E-state index >= 15 is 0 Å². The molecule has 15 heteroatoms. The average Bonchev–Trinajstić information content (AvgIpc) is 2.58. The highest BCUT2D eigenvalue weighted by Gasteiger charge is 2.50. The van der Waals surface area contributed by atoms with E-state index < -0.39 is 45.3 Å². The Kier molecular flexibility index (Phi) is 5.85. The van der Waals surface area contributed by atoms with Crippen LogP contribution in [-0.2, 0) is 21.0 Å². The predicted octanol–water partition coefficient (Wildman–Crippen LogP) is 2.43. The van der Waals surface area contributed by atoms with Crippen LogP contribution >= 0.6 is 0 Å². The Labute approximate surface area is 157 Å². The molecule has 0 bridgehead atoms. The zero-order valence-corrected chi connectivity index (χ0v) is 14.8. The minimum atomic E-state index is -6.51. The van der Waals surface area contributed by atoms with Crippen LogP contribution < -0.4 is 10.4 Å². The minimum Gasteiger partial charge on any atom is -0.496 e. The zero-order chi connectivity index (χ0) is 22.2. The number of nitrogens with zero attached hydrogens (tertiary/aromatic N) is 1. The van der Waals surface area contributed by atoms with Crippen molar-refractivity contribution in [1.29, 1.82) is 0 Å². The summed E-state index contributed by atoms with van der Waals surface area (Å²) in [7, 11) is -5.40. The fourth-order valence-electron chi connectivity index (χ4n) is 2.05. The molecule has 160 valence electrons. The van der Waals surface area contributed by atoms with E-state index in [1.54, 1.807) is 0 Å². The maximum absolute atomic E-state index is 13.2. The number of aliphatic hydroxyl groups excluding tert-OH is 1. The van der Waals surface area contributed by atoms with Crippen LogP contribution in [0.1, 0.15) is 11.1 Å². The van der Waals surface area contributed by atoms with Gasteiger partial charge in [0.2, 0.25) is 0 Å². The molecule has 0 radical (unpaired) electrons. The molecule has 0 spiro atoms. The number of aliphatic hydroxyl groups is 1. The van der Waals surface area contributed by atoms with Gasteiger partial charge >= 0.3 is 27.4 Å². The highest BCUT2D eigenvalue weighted by atomic mass is 32.2. The summed E-state index contributed by atoms with van der Waals surface area (Å²) in [5, 5.41) is 10.9. The molecule has 0 aliphatic heterocycles. The Morgan fingerprint density at radius 3 is 2.28 bits per heavy atom. The van der Waals surface area contributed by atoms with Crippen molar-refractivity contribution in [1.82, 2.24) is 0 Å². The molecule has 2 rings (SSSR count). The fourth-order valence-corrected chi connectivity index (χ4v) is 2.30. The second-order valence-corrected chi connectivity index (χ2v) is 6.75. The van der Waals surface area contributed by atoms with Gasteiger partial charge in [0, 0.05) is 0 Å². The van der Waals surface area contributed by atoms with Gasteiger partial charge in [-0.3, -0.25) is 4.28 Å². The number of hydrogen-bond acceptors (Lipinski definition) is 8. The van der Waals surface area contributed by atoms with E-state index in [1.807, 2.05) is 5.16 Å². The largest absolute Gasteiger partial charge is 0.536 e. The summed E-state index contributed by atoms with van der Waals surface area (Å²) in [5.74, 6) is -0.151. The molecule has 1 aromatic carbocycles. The molecule has 8 nitrogen and oxygen atoms in total. The molecular formula is C14H9F6NO7S. The third-order valence-corrected chi connectivity index (χ3v) is 4.15. The molecule has 29 heavy (non-hydrogen) atoms. The molecule has 0 amide bonds. The van der Waals surface area contributed by atoms with Crippen LogP contribution in [0.2, 0.25) is 0 Å². The highest BCUT2D eigenvalue weighted by Crippen LogP contribution is 2.31. The molecule has 1 N–H and O–H groups in total. The van der Waals surface area contributed by atoms with Gasteiger partial charge in [0.15, 0.2) is 5.71 Å². The van der Waals surface area contributed by atoms with Gasteiger partial charge in [-0.05, 0) is 23.8 Å². The molecule has 0 unspecified atom stereocenters. The quantitative estimate of drug-likeness (QED) is 0.245. The lowest BCUT2D eigenvalue weighted by Crippen LogP contribution is -2.31. The van der Waals surface area contributed by atoms with E-state index in [4.69, 9.17) is 14.3 Å². The Bertz CT molecular complexity index is 1120. The van der Waals surface area contributed by atoms with Crippen molar-refractivity contribution in [3.63, 3.8) is 0 Å². The maximum atomic E-state index is 13.2. The first-order valence-electron chi connectivity index (χ1n) is 7.12. The molecule has 2 aromatic rings. The number of hydrogen-bond donors (Lipinski definition) is 1. The third-order valence-electron chi connectivity index (χ3n) is 3.31. The van der Waals surface area contributed by atoms with Crippen LogP contribution in [0.5, 0.6) is 5.75 Å². The predicted molar refractivity (Wildman–Crippen MR) is 83.6 cm³/mol. The molecule has 0 saturated carbocycles. The van der Waals surface area contributed by atoms with Gasteiger partial charge in [0.05, 0.1) is 24.7 Å². The summed E-state index contributed by atoms with van der Waals surface area (Å²) in [6.45, 7) is -0.532. The van der Waals surface area contributed by atoms with Crippen molar-refractivity contribution < 1.29 is 53.3 Å². The van der Waals surface area contributed by atoms with Gasteiger partial charge in [0.1, 0.15) is 11.3 Å². The molecule has 0 fully saturated rings. The van der Waals surface area contributed by atoms with Gasteiger partial charge < -0.3 is 14.3 Å². The average molecular weight is 449 g/mol. The number of halogens is 6. The van der Waals surface area contributed by atoms with Crippen LogP contribution in [0.25, 0.3) is 11.0 Å². The standard InChI is InChI=1S/C14H9F6NO7S/c1-26-9-2-6(5-22)3-10-7(9)4-8(12(23)27-10)11(13(15,16)17)21-28-29(24,25)14(18,19)20/h2-4,22H,5H2,1H3/b21-11+. The number of ether oxygens (including phenoxy) is 1. The minimum absolute atomic E-state index is 0.151. The van der Waals surface area contributed by atoms with Crippen molar-refractivity contribution in [2.45, 2.75) is 18.3 Å². The summed E-state index contributed by atoms with van der Waals surface area (Å²) < 4.78 is 111. The first-order chi connectivity index (χ1) is 13.2. The third kappa shape index (κ3) is 4.61. The van der Waals surface area contributed by atoms with Gasteiger partial charge in [-0.15, -0.1) is 0 Å². The molecule has 0 atom stereocenters. The maximum Gasteiger partial charge on any atom is 0.536 e. The van der Waals surface area contributed by atoms with E-state index in [0.29, 0.717) is 6.07 Å². The molecule has 0 saturated heterocycles.